The molecule has 0 saturated carbocycles. The van der Waals surface area contributed by atoms with Gasteiger partial charge in [0, 0.05) is 32.9 Å². The number of aromatic nitrogens is 2. The summed E-state index contributed by atoms with van der Waals surface area (Å²) in [7, 11) is 0. The average Bonchev–Trinajstić information content (AvgIpc) is 3.71. The van der Waals surface area contributed by atoms with Gasteiger partial charge in [0.1, 0.15) is 0 Å². The molecule has 0 spiro atoms. The van der Waals surface area contributed by atoms with Gasteiger partial charge in [0.2, 0.25) is 0 Å². The monoisotopic (exact) mass is 638 g/mol. The SMILES string of the molecule is C1=C(c2ccccc2)CCC=C1n1c2ccccc2c2cc(-c3ccc4c(c3)c3ccccc3n4-c3cccc(-c4ccccc4)c3)ccc21. The summed E-state index contributed by atoms with van der Waals surface area (Å²) in [6.07, 6.45) is 6.88. The lowest BCUT2D eigenvalue weighted by atomic mass is 9.96. The van der Waals surface area contributed by atoms with E-state index in [9.17, 15) is 0 Å². The highest BCUT2D eigenvalue weighted by Gasteiger charge is 2.18. The number of benzene rings is 7. The van der Waals surface area contributed by atoms with Gasteiger partial charge in [-0.25, -0.2) is 0 Å². The first-order chi connectivity index (χ1) is 24.8. The molecule has 1 aliphatic carbocycles. The molecule has 10 rings (SSSR count). The first-order valence-corrected chi connectivity index (χ1v) is 17.5. The Labute approximate surface area is 291 Å². The zero-order chi connectivity index (χ0) is 33.0. The number of rotatable bonds is 5. The number of allylic oxidation sites excluding steroid dienone is 4. The molecule has 50 heavy (non-hydrogen) atoms. The molecule has 0 amide bonds. The molecular formula is C48H34N2. The number of nitrogens with zero attached hydrogens (tertiary/aromatic N) is 2. The third kappa shape index (κ3) is 4.64. The maximum atomic E-state index is 2.46. The molecule has 0 aliphatic heterocycles. The zero-order valence-electron chi connectivity index (χ0n) is 27.6. The van der Waals surface area contributed by atoms with Crippen LogP contribution in [0.1, 0.15) is 18.4 Å². The summed E-state index contributed by atoms with van der Waals surface area (Å²) in [4.78, 5) is 0. The molecular weight excluding hydrogens is 605 g/mol. The predicted octanol–water partition coefficient (Wildman–Crippen LogP) is 12.9. The maximum absolute atomic E-state index is 2.46. The molecule has 2 heteroatoms. The Kier molecular flexibility index (Phi) is 6.67. The van der Waals surface area contributed by atoms with Crippen molar-refractivity contribution in [2.24, 2.45) is 0 Å². The van der Waals surface area contributed by atoms with E-state index in [0.717, 1.165) is 12.8 Å². The van der Waals surface area contributed by atoms with E-state index in [1.54, 1.807) is 0 Å². The molecule has 7 aromatic carbocycles. The minimum atomic E-state index is 1.03. The number of fused-ring (bicyclic) bond motifs is 6. The van der Waals surface area contributed by atoms with E-state index in [4.69, 9.17) is 0 Å². The highest BCUT2D eigenvalue weighted by Crippen LogP contribution is 2.40. The van der Waals surface area contributed by atoms with Crippen molar-refractivity contribution in [2.45, 2.75) is 12.8 Å². The van der Waals surface area contributed by atoms with Gasteiger partial charge in [-0.3, -0.25) is 0 Å². The summed E-state index contributed by atoms with van der Waals surface area (Å²) in [5.41, 5.74) is 14.9. The fourth-order valence-corrected chi connectivity index (χ4v) is 8.04. The van der Waals surface area contributed by atoms with Crippen molar-refractivity contribution in [3.05, 3.63) is 188 Å². The third-order valence-electron chi connectivity index (χ3n) is 10.4. The highest BCUT2D eigenvalue weighted by atomic mass is 15.0. The molecule has 0 bridgehead atoms. The van der Waals surface area contributed by atoms with Gasteiger partial charge in [0.15, 0.2) is 0 Å². The van der Waals surface area contributed by atoms with Gasteiger partial charge < -0.3 is 9.13 Å². The van der Waals surface area contributed by atoms with Gasteiger partial charge in [-0.05, 0) is 101 Å². The molecule has 0 fully saturated rings. The average molecular weight is 639 g/mol. The number of hydrogen-bond acceptors (Lipinski definition) is 0. The van der Waals surface area contributed by atoms with E-state index in [-0.39, 0.29) is 0 Å². The predicted molar refractivity (Wildman–Crippen MR) is 213 cm³/mol. The van der Waals surface area contributed by atoms with Gasteiger partial charge in [-0.15, -0.1) is 0 Å². The first kappa shape index (κ1) is 28.6. The van der Waals surface area contributed by atoms with Crippen LogP contribution in [0.15, 0.2) is 182 Å². The lowest BCUT2D eigenvalue weighted by molar-refractivity contribution is 1.04. The van der Waals surface area contributed by atoms with Crippen LogP contribution in [0.25, 0.3) is 82.8 Å². The van der Waals surface area contributed by atoms with Crippen molar-refractivity contribution >= 4 is 54.9 Å². The van der Waals surface area contributed by atoms with Crippen LogP contribution in [0.5, 0.6) is 0 Å². The molecule has 2 heterocycles. The van der Waals surface area contributed by atoms with Crippen molar-refractivity contribution in [3.8, 4) is 27.9 Å². The molecule has 0 unspecified atom stereocenters. The molecule has 0 atom stereocenters. The Morgan fingerprint density at radius 2 is 0.880 bits per heavy atom. The summed E-state index contributed by atoms with van der Waals surface area (Å²) >= 11 is 0. The lowest BCUT2D eigenvalue weighted by Crippen LogP contribution is -2.00. The summed E-state index contributed by atoms with van der Waals surface area (Å²) < 4.78 is 4.86. The van der Waals surface area contributed by atoms with E-state index >= 15 is 0 Å². The van der Waals surface area contributed by atoms with E-state index < -0.39 is 0 Å². The molecule has 0 N–H and O–H groups in total. The molecule has 1 aliphatic rings. The minimum absolute atomic E-state index is 1.03. The zero-order valence-corrected chi connectivity index (χ0v) is 27.6. The van der Waals surface area contributed by atoms with Gasteiger partial charge in [0.25, 0.3) is 0 Å². The highest BCUT2D eigenvalue weighted by molar-refractivity contribution is 6.13. The second-order valence-corrected chi connectivity index (χ2v) is 13.3. The Bertz CT molecular complexity index is 2790. The van der Waals surface area contributed by atoms with Crippen molar-refractivity contribution in [3.63, 3.8) is 0 Å². The van der Waals surface area contributed by atoms with Crippen molar-refractivity contribution in [1.82, 2.24) is 9.13 Å². The Balaban J connectivity index is 1.11. The topological polar surface area (TPSA) is 9.86 Å². The maximum Gasteiger partial charge on any atom is 0.0541 e. The smallest absolute Gasteiger partial charge is 0.0541 e. The van der Waals surface area contributed by atoms with Crippen LogP contribution in [-0.4, -0.2) is 9.13 Å². The van der Waals surface area contributed by atoms with Gasteiger partial charge in [-0.2, -0.15) is 0 Å². The fourth-order valence-electron chi connectivity index (χ4n) is 8.04. The third-order valence-corrected chi connectivity index (χ3v) is 10.4. The van der Waals surface area contributed by atoms with Gasteiger partial charge in [-0.1, -0.05) is 127 Å². The van der Waals surface area contributed by atoms with E-state index in [2.05, 4.69) is 191 Å². The lowest BCUT2D eigenvalue weighted by Gasteiger charge is -2.17. The van der Waals surface area contributed by atoms with E-state index in [1.807, 2.05) is 0 Å². The molecule has 236 valence electrons. The second-order valence-electron chi connectivity index (χ2n) is 13.3. The van der Waals surface area contributed by atoms with Crippen LogP contribution in [0.4, 0.5) is 0 Å². The van der Waals surface area contributed by atoms with Gasteiger partial charge in [0.05, 0.1) is 22.1 Å². The van der Waals surface area contributed by atoms with Gasteiger partial charge >= 0.3 is 0 Å². The second kappa shape index (κ2) is 11.6. The number of hydrogen-bond donors (Lipinski definition) is 0. The van der Waals surface area contributed by atoms with Crippen molar-refractivity contribution in [1.29, 1.82) is 0 Å². The Hall–Kier alpha value is -6.38. The molecule has 2 nitrogen and oxygen atoms in total. The molecule has 9 aromatic rings. The summed E-state index contributed by atoms with van der Waals surface area (Å²) in [6.45, 7) is 0. The summed E-state index contributed by atoms with van der Waals surface area (Å²) in [5, 5.41) is 5.08. The van der Waals surface area contributed by atoms with Crippen LogP contribution in [0.2, 0.25) is 0 Å². The quantitative estimate of drug-likeness (QED) is 0.178. The van der Waals surface area contributed by atoms with Crippen LogP contribution < -0.4 is 0 Å². The van der Waals surface area contributed by atoms with Crippen LogP contribution >= 0.6 is 0 Å². The van der Waals surface area contributed by atoms with Crippen molar-refractivity contribution < 1.29 is 0 Å². The Morgan fingerprint density at radius 1 is 0.360 bits per heavy atom. The molecule has 0 radical (unpaired) electrons. The fraction of sp³-hybridized carbons (Fsp3) is 0.0417. The Morgan fingerprint density at radius 3 is 1.56 bits per heavy atom. The van der Waals surface area contributed by atoms with E-state index in [1.165, 1.54) is 88.4 Å². The molecule has 0 saturated heterocycles. The first-order valence-electron chi connectivity index (χ1n) is 17.5. The largest absolute Gasteiger partial charge is 0.310 e. The minimum Gasteiger partial charge on any atom is -0.310 e. The van der Waals surface area contributed by atoms with Crippen LogP contribution in [-0.2, 0) is 0 Å². The standard InChI is InChI=1S/C48H34N2/c1-3-13-33(14-4-1)35-17-11-19-39(29-35)49-45-23-9-7-21-41(45)43-31-37(25-27-47(43)49)38-26-28-48-44(32-38)42-22-8-10-24-46(42)50(48)40-20-12-18-36(30-40)34-15-5-2-6-16-34/h1-11,13-17,19-32H,12,18H2. The normalized spacial score (nSPS) is 13.3. The van der Waals surface area contributed by atoms with E-state index in [0.29, 0.717) is 0 Å². The van der Waals surface area contributed by atoms with Crippen molar-refractivity contribution in [2.75, 3.05) is 0 Å². The number of para-hydroxylation sites is 2. The molecule has 2 aromatic heterocycles. The van der Waals surface area contributed by atoms with Crippen LogP contribution in [0.3, 0.4) is 0 Å². The van der Waals surface area contributed by atoms with Crippen LogP contribution in [0, 0.1) is 0 Å². The summed E-state index contributed by atoms with van der Waals surface area (Å²) in [5.74, 6) is 0. The summed E-state index contributed by atoms with van der Waals surface area (Å²) in [6, 6.07) is 61.9.